The normalized spacial score (nSPS) is 12.3. The lowest BCUT2D eigenvalue weighted by Gasteiger charge is -2.19. The van der Waals surface area contributed by atoms with Gasteiger partial charge in [-0.05, 0) is 90.5 Å². The van der Waals surface area contributed by atoms with E-state index in [0.717, 1.165) is 28.9 Å². The molecule has 0 aliphatic rings. The van der Waals surface area contributed by atoms with Crippen molar-refractivity contribution in [3.63, 3.8) is 0 Å². The maximum atomic E-state index is 13.8. The minimum Gasteiger partial charge on any atom is -0.496 e. The smallest absolute Gasteiger partial charge is 0.282 e. The maximum Gasteiger partial charge on any atom is 0.282 e. The van der Waals surface area contributed by atoms with E-state index < -0.39 is 0 Å². The van der Waals surface area contributed by atoms with E-state index in [-0.39, 0.29) is 17.6 Å². The lowest BCUT2D eigenvalue weighted by Crippen LogP contribution is -2.21. The van der Waals surface area contributed by atoms with Gasteiger partial charge in [0.15, 0.2) is 17.3 Å². The molecule has 216 valence electrons. The fourth-order valence-electron chi connectivity index (χ4n) is 4.45. The first-order valence-corrected chi connectivity index (χ1v) is 14.8. The zero-order valence-electron chi connectivity index (χ0n) is 24.4. The molecule has 1 aromatic heterocycles. The third-order valence-electron chi connectivity index (χ3n) is 6.86. The summed E-state index contributed by atoms with van der Waals surface area (Å²) in [4.78, 5) is 18.7. The zero-order chi connectivity index (χ0) is 29.8. The van der Waals surface area contributed by atoms with Gasteiger partial charge in [-0.1, -0.05) is 44.5 Å². The highest BCUT2D eigenvalue weighted by atomic mass is 79.9. The number of nitrogens with zero attached hydrogens (tertiary/aromatic N) is 3. The van der Waals surface area contributed by atoms with E-state index in [2.05, 4.69) is 34.9 Å². The number of hydrogen-bond donors (Lipinski definition) is 0. The topological polar surface area (TPSA) is 74.9 Å². The van der Waals surface area contributed by atoms with E-state index >= 15 is 0 Å². The van der Waals surface area contributed by atoms with Gasteiger partial charge in [0.2, 0.25) is 0 Å². The largest absolute Gasteiger partial charge is 0.496 e. The third-order valence-corrected chi connectivity index (χ3v) is 8.30. The monoisotopic (exact) mass is 639 g/mol. The van der Waals surface area contributed by atoms with Gasteiger partial charge in [0, 0.05) is 15.6 Å². The van der Waals surface area contributed by atoms with Crippen molar-refractivity contribution in [3.8, 4) is 28.6 Å². The molecular formula is C32H35BrClN3O4. The van der Waals surface area contributed by atoms with Crippen LogP contribution in [0.5, 0.6) is 17.2 Å². The van der Waals surface area contributed by atoms with E-state index in [0.29, 0.717) is 49.9 Å². The fraction of sp³-hybridized carbons (Fsp3) is 0.344. The van der Waals surface area contributed by atoms with Crippen LogP contribution in [0.1, 0.15) is 63.6 Å². The van der Waals surface area contributed by atoms with Gasteiger partial charge in [-0.15, -0.1) is 0 Å². The van der Waals surface area contributed by atoms with Crippen LogP contribution in [0, 0.1) is 6.92 Å². The number of fused-ring (bicyclic) bond motifs is 1. The second-order valence-electron chi connectivity index (χ2n) is 10.1. The highest BCUT2D eigenvalue weighted by Crippen LogP contribution is 2.43. The molecule has 4 rings (SSSR count). The Hall–Kier alpha value is -3.36. The van der Waals surface area contributed by atoms with Gasteiger partial charge in [-0.2, -0.15) is 9.78 Å². The number of ether oxygens (including phenoxy) is 3. The predicted octanol–water partition coefficient (Wildman–Crippen LogP) is 8.38. The van der Waals surface area contributed by atoms with Crippen LogP contribution in [0.2, 0.25) is 5.02 Å². The van der Waals surface area contributed by atoms with Crippen LogP contribution in [0.3, 0.4) is 0 Å². The number of para-hydroxylation sites is 1. The van der Waals surface area contributed by atoms with Gasteiger partial charge in [-0.3, -0.25) is 4.79 Å². The Balaban J connectivity index is 1.95. The maximum absolute atomic E-state index is 13.8. The van der Waals surface area contributed by atoms with Crippen LogP contribution in [0.15, 0.2) is 56.8 Å². The van der Waals surface area contributed by atoms with Gasteiger partial charge in [0.05, 0.1) is 36.9 Å². The Morgan fingerprint density at radius 1 is 1.12 bits per heavy atom. The first-order valence-electron chi connectivity index (χ1n) is 13.7. The van der Waals surface area contributed by atoms with Crippen LogP contribution in [0.25, 0.3) is 22.3 Å². The molecule has 0 unspecified atom stereocenters. The number of benzene rings is 3. The average molecular weight is 641 g/mol. The Morgan fingerprint density at radius 3 is 2.51 bits per heavy atom. The van der Waals surface area contributed by atoms with Gasteiger partial charge >= 0.3 is 0 Å². The van der Waals surface area contributed by atoms with Crippen LogP contribution < -0.4 is 19.8 Å². The summed E-state index contributed by atoms with van der Waals surface area (Å²) in [5.41, 5.74) is 3.64. The summed E-state index contributed by atoms with van der Waals surface area (Å²) in [7, 11) is 1.66. The molecule has 0 radical (unpaired) electrons. The summed E-state index contributed by atoms with van der Waals surface area (Å²) in [5.74, 6) is 2.38. The molecule has 0 aliphatic carbocycles. The van der Waals surface area contributed by atoms with Crippen molar-refractivity contribution >= 4 is 44.6 Å². The summed E-state index contributed by atoms with van der Waals surface area (Å²) in [6.07, 6.45) is 2.34. The van der Waals surface area contributed by atoms with Crippen LogP contribution >= 0.6 is 27.5 Å². The number of aryl methyl sites for hydroxylation is 1. The SMILES string of the molecule is CCOc1cc(C=Nn2c(-c3cc(C(C)C)c(OC)cc3C)nc3ccccc3c2=O)c(Br)c(Cl)c1O[C@@H](C)CC. The molecule has 0 aliphatic heterocycles. The molecular weight excluding hydrogens is 606 g/mol. The molecule has 0 amide bonds. The molecule has 3 aromatic carbocycles. The van der Waals surface area contributed by atoms with E-state index in [9.17, 15) is 4.79 Å². The van der Waals surface area contributed by atoms with Gasteiger partial charge in [-0.25, -0.2) is 4.98 Å². The van der Waals surface area contributed by atoms with Crippen molar-refractivity contribution in [2.24, 2.45) is 5.10 Å². The molecule has 0 spiro atoms. The molecule has 41 heavy (non-hydrogen) atoms. The highest BCUT2D eigenvalue weighted by molar-refractivity contribution is 9.10. The van der Waals surface area contributed by atoms with Gasteiger partial charge < -0.3 is 14.2 Å². The minimum atomic E-state index is -0.285. The molecule has 0 saturated carbocycles. The first kappa shape index (κ1) is 30.6. The molecule has 0 saturated heterocycles. The van der Waals surface area contributed by atoms with Crippen LogP contribution in [0.4, 0.5) is 0 Å². The van der Waals surface area contributed by atoms with Crippen molar-refractivity contribution in [3.05, 3.63) is 79.0 Å². The lowest BCUT2D eigenvalue weighted by molar-refractivity contribution is 0.203. The van der Waals surface area contributed by atoms with E-state index in [1.165, 1.54) is 4.68 Å². The van der Waals surface area contributed by atoms with Crippen LogP contribution in [-0.4, -0.2) is 35.7 Å². The van der Waals surface area contributed by atoms with Crippen molar-refractivity contribution in [1.29, 1.82) is 0 Å². The van der Waals surface area contributed by atoms with E-state index in [1.54, 1.807) is 25.5 Å². The van der Waals surface area contributed by atoms with Crippen molar-refractivity contribution < 1.29 is 14.2 Å². The third kappa shape index (κ3) is 6.28. The minimum absolute atomic E-state index is 0.0496. The summed E-state index contributed by atoms with van der Waals surface area (Å²) in [6.45, 7) is 12.5. The zero-order valence-corrected chi connectivity index (χ0v) is 26.8. The quantitative estimate of drug-likeness (QED) is 0.163. The second kappa shape index (κ2) is 13.1. The number of aromatic nitrogens is 2. The molecule has 0 N–H and O–H groups in total. The highest BCUT2D eigenvalue weighted by Gasteiger charge is 2.21. The fourth-order valence-corrected chi connectivity index (χ4v) is 5.09. The molecule has 7 nitrogen and oxygen atoms in total. The molecule has 1 heterocycles. The molecule has 0 fully saturated rings. The summed E-state index contributed by atoms with van der Waals surface area (Å²) >= 11 is 10.3. The van der Waals surface area contributed by atoms with E-state index in [1.807, 2.05) is 58.0 Å². The standard InChI is InChI=1S/C32H35BrClN3O4/c1-8-20(6)41-30-27(40-9-2)15-21(28(33)29(30)34)17-35-37-31(36-25-13-11-10-12-22(25)32(37)38)24-16-23(18(3)4)26(39-7)14-19(24)5/h10-18,20H,8-9H2,1-7H3/t20-/m0/s1. The summed E-state index contributed by atoms with van der Waals surface area (Å²) < 4.78 is 19.5. The predicted molar refractivity (Wildman–Crippen MR) is 171 cm³/mol. The summed E-state index contributed by atoms with van der Waals surface area (Å²) in [5, 5.41) is 5.51. The van der Waals surface area contributed by atoms with E-state index in [4.69, 9.17) is 30.8 Å². The molecule has 4 aromatic rings. The lowest BCUT2D eigenvalue weighted by atomic mass is 9.96. The van der Waals surface area contributed by atoms with Crippen LogP contribution in [-0.2, 0) is 0 Å². The Bertz CT molecular complexity index is 1670. The Labute approximate surface area is 254 Å². The Morgan fingerprint density at radius 2 is 1.85 bits per heavy atom. The number of hydrogen-bond acceptors (Lipinski definition) is 6. The Kier molecular flexibility index (Phi) is 9.76. The van der Waals surface area contributed by atoms with Gasteiger partial charge in [0.25, 0.3) is 5.56 Å². The molecule has 9 heteroatoms. The average Bonchev–Trinajstić information content (AvgIpc) is 2.96. The first-order chi connectivity index (χ1) is 19.6. The van der Waals surface area contributed by atoms with Crippen molar-refractivity contribution in [2.75, 3.05) is 13.7 Å². The molecule has 1 atom stereocenters. The summed E-state index contributed by atoms with van der Waals surface area (Å²) in [6, 6.07) is 13.1. The number of halogens is 2. The number of rotatable bonds is 10. The van der Waals surface area contributed by atoms with Crippen molar-refractivity contribution in [2.45, 2.75) is 60.0 Å². The number of methoxy groups -OCH3 is 1. The second-order valence-corrected chi connectivity index (χ2v) is 11.2. The van der Waals surface area contributed by atoms with Crippen molar-refractivity contribution in [1.82, 2.24) is 9.66 Å². The molecule has 0 bridgehead atoms. The van der Waals surface area contributed by atoms with Gasteiger partial charge in [0.1, 0.15) is 10.8 Å².